The third-order valence-corrected chi connectivity index (χ3v) is 5.65. The topological polar surface area (TPSA) is 191 Å². The van der Waals surface area contributed by atoms with E-state index in [2.05, 4.69) is 21.3 Å². The summed E-state index contributed by atoms with van der Waals surface area (Å²) in [5, 5.41) is 19.8. The summed E-state index contributed by atoms with van der Waals surface area (Å²) in [6.07, 6.45) is 2.78. The Labute approximate surface area is 236 Å². The zero-order valence-electron chi connectivity index (χ0n) is 24.1. The number of carboxylic acids is 1. The van der Waals surface area contributed by atoms with Crippen LogP contribution in [0.25, 0.3) is 0 Å². The fourth-order valence-corrected chi connectivity index (χ4v) is 3.21. The Kier molecular flexibility index (Phi) is 23.6. The van der Waals surface area contributed by atoms with Crippen LogP contribution >= 0.6 is 0 Å². The first-order valence-corrected chi connectivity index (χ1v) is 13.7. The van der Waals surface area contributed by atoms with Gasteiger partial charge in [-0.3, -0.25) is 24.0 Å². The molecule has 3 amide bonds. The number of Topliss-reactive ketones (excluding diaryl/α,β-unsaturated/α-hetero) is 1. The Hall–Kier alpha value is -2.65. The fraction of sp³-hybridized carbons (Fsp3) is 0.808. The van der Waals surface area contributed by atoms with Gasteiger partial charge in [-0.1, -0.05) is 6.92 Å². The molecule has 2 atom stereocenters. The maximum Gasteiger partial charge on any atom is 0.306 e. The predicted octanol–water partition coefficient (Wildman–Crippen LogP) is -0.750. The minimum Gasteiger partial charge on any atom is -0.481 e. The molecule has 0 saturated heterocycles. The van der Waals surface area contributed by atoms with Crippen LogP contribution < -0.4 is 21.3 Å². The van der Waals surface area contributed by atoms with E-state index in [4.69, 9.17) is 24.1 Å². The minimum atomic E-state index is -0.923. The van der Waals surface area contributed by atoms with E-state index in [9.17, 15) is 24.0 Å². The van der Waals surface area contributed by atoms with Gasteiger partial charge in [-0.05, 0) is 39.7 Å². The number of unbranched alkanes of at least 4 members (excludes halogenated alkanes) is 1. The Morgan fingerprint density at radius 2 is 1.18 bits per heavy atom. The Morgan fingerprint density at radius 3 is 1.68 bits per heavy atom. The van der Waals surface area contributed by atoms with Crippen LogP contribution in [0.4, 0.5) is 0 Å². The van der Waals surface area contributed by atoms with Crippen molar-refractivity contribution in [1.82, 2.24) is 21.3 Å². The molecule has 232 valence electrons. The van der Waals surface area contributed by atoms with Gasteiger partial charge >= 0.3 is 5.97 Å². The molecule has 0 unspecified atom stereocenters. The van der Waals surface area contributed by atoms with Crippen LogP contribution in [0.5, 0.6) is 0 Å². The minimum absolute atomic E-state index is 0.0592. The second kappa shape index (κ2) is 25.3. The van der Waals surface area contributed by atoms with Gasteiger partial charge in [0.25, 0.3) is 0 Å². The zero-order valence-corrected chi connectivity index (χ0v) is 24.1. The lowest BCUT2D eigenvalue weighted by Crippen LogP contribution is -2.33. The lowest BCUT2D eigenvalue weighted by atomic mass is 10.1. The van der Waals surface area contributed by atoms with E-state index in [-0.39, 0.29) is 88.6 Å². The maximum atomic E-state index is 11.7. The molecule has 0 bridgehead atoms. The Balaban J connectivity index is 3.44. The van der Waals surface area contributed by atoms with Crippen molar-refractivity contribution in [2.75, 3.05) is 79.5 Å². The highest BCUT2D eigenvalue weighted by Crippen LogP contribution is 2.04. The highest BCUT2D eigenvalue weighted by atomic mass is 16.5. The summed E-state index contributed by atoms with van der Waals surface area (Å²) in [6, 6.07) is -0.138. The van der Waals surface area contributed by atoms with Gasteiger partial charge in [0, 0.05) is 26.1 Å². The molecule has 0 radical (unpaired) electrons. The normalized spacial score (nSPS) is 12.4. The smallest absolute Gasteiger partial charge is 0.306 e. The van der Waals surface area contributed by atoms with Crippen LogP contribution in [0.15, 0.2) is 0 Å². The number of hydrogen-bond donors (Lipinski definition) is 5. The number of ketones is 1. The molecule has 0 aliphatic heterocycles. The molecule has 14 heteroatoms. The van der Waals surface area contributed by atoms with E-state index in [0.717, 1.165) is 19.3 Å². The molecule has 0 aromatic heterocycles. The molecular weight excluding hydrogens is 528 g/mol. The number of carboxylic acid groups (broad SMARTS) is 1. The largest absolute Gasteiger partial charge is 0.481 e. The van der Waals surface area contributed by atoms with Crippen molar-refractivity contribution < 1.29 is 48.0 Å². The number of carbonyl (C=O) groups is 5. The molecule has 14 nitrogen and oxygen atoms in total. The van der Waals surface area contributed by atoms with Crippen molar-refractivity contribution in [3.05, 3.63) is 0 Å². The summed E-state index contributed by atoms with van der Waals surface area (Å²) in [5.41, 5.74) is 0. The lowest BCUT2D eigenvalue weighted by Gasteiger charge is -2.12. The average molecular weight is 577 g/mol. The number of rotatable bonds is 27. The van der Waals surface area contributed by atoms with Gasteiger partial charge < -0.3 is 45.3 Å². The first-order chi connectivity index (χ1) is 19.2. The average Bonchev–Trinajstić information content (AvgIpc) is 2.91. The molecule has 0 aliphatic rings. The predicted molar refractivity (Wildman–Crippen MR) is 146 cm³/mol. The number of ether oxygens (including phenoxy) is 4. The number of hydrogen-bond acceptors (Lipinski definition) is 10. The van der Waals surface area contributed by atoms with Crippen molar-refractivity contribution in [1.29, 1.82) is 0 Å². The Bertz CT molecular complexity index is 738. The summed E-state index contributed by atoms with van der Waals surface area (Å²) >= 11 is 0. The summed E-state index contributed by atoms with van der Waals surface area (Å²) in [6.45, 7) is 5.67. The second-order valence-corrected chi connectivity index (χ2v) is 9.11. The van der Waals surface area contributed by atoms with Gasteiger partial charge in [0.1, 0.15) is 19.0 Å². The highest BCUT2D eigenvalue weighted by molar-refractivity contribution is 5.81. The highest BCUT2D eigenvalue weighted by Gasteiger charge is 2.13. The first-order valence-electron chi connectivity index (χ1n) is 13.7. The van der Waals surface area contributed by atoms with E-state index in [0.29, 0.717) is 26.2 Å². The van der Waals surface area contributed by atoms with Gasteiger partial charge in [-0.15, -0.1) is 0 Å². The molecule has 0 aromatic rings. The first kappa shape index (κ1) is 37.4. The Morgan fingerprint density at radius 1 is 0.675 bits per heavy atom. The molecule has 0 spiro atoms. The van der Waals surface area contributed by atoms with E-state index in [1.54, 1.807) is 20.9 Å². The molecule has 0 aromatic carbocycles. The lowest BCUT2D eigenvalue weighted by molar-refractivity contribution is -0.141. The number of carbonyl (C=O) groups excluding carboxylic acids is 4. The number of aliphatic carboxylic acids is 1. The quantitative estimate of drug-likeness (QED) is 0.0773. The number of likely N-dealkylation sites (N-methyl/N-ethyl adjacent to an activating group) is 1. The van der Waals surface area contributed by atoms with Crippen LogP contribution in [-0.4, -0.2) is 120 Å². The van der Waals surface area contributed by atoms with Crippen molar-refractivity contribution in [3.63, 3.8) is 0 Å². The van der Waals surface area contributed by atoms with E-state index < -0.39 is 11.9 Å². The monoisotopic (exact) mass is 576 g/mol. The van der Waals surface area contributed by atoms with Crippen LogP contribution in [-0.2, 0) is 42.9 Å². The van der Waals surface area contributed by atoms with Crippen LogP contribution in [0.1, 0.15) is 46.0 Å². The molecular formula is C26H48N4O10. The summed E-state index contributed by atoms with van der Waals surface area (Å²) < 4.78 is 21.1. The molecule has 5 N–H and O–H groups in total. The van der Waals surface area contributed by atoms with E-state index in [1.165, 1.54) is 0 Å². The van der Waals surface area contributed by atoms with Crippen molar-refractivity contribution in [2.45, 2.75) is 52.0 Å². The molecule has 0 rings (SSSR count). The van der Waals surface area contributed by atoms with Gasteiger partial charge in [-0.2, -0.15) is 0 Å². The summed E-state index contributed by atoms with van der Waals surface area (Å²) in [7, 11) is 1.76. The molecule has 0 heterocycles. The zero-order chi connectivity index (χ0) is 30.0. The number of amides is 3. The van der Waals surface area contributed by atoms with Crippen LogP contribution in [0.3, 0.4) is 0 Å². The summed E-state index contributed by atoms with van der Waals surface area (Å²) in [5.74, 6) is -2.10. The standard InChI is InChI=1S/C26H48N4O10/c1-20(26(35)36)7-8-23(32)29-10-12-37-14-17-40-19-25(34)30-11-13-38-15-16-39-18-24(33)28-9-5-4-6-22(27-3)21(2)31/h20,22,27H,4-19H2,1-3H3,(H,28,33)(H,29,32)(H,30,34)(H,35,36)/t20-,22-/m0/s1. The second-order valence-electron chi connectivity index (χ2n) is 9.11. The van der Waals surface area contributed by atoms with Crippen molar-refractivity contribution in [3.8, 4) is 0 Å². The van der Waals surface area contributed by atoms with Gasteiger partial charge in [0.15, 0.2) is 0 Å². The maximum absolute atomic E-state index is 11.7. The van der Waals surface area contributed by atoms with Gasteiger partial charge in [-0.25, -0.2) is 0 Å². The molecule has 0 aliphatic carbocycles. The third kappa shape index (κ3) is 23.3. The van der Waals surface area contributed by atoms with Crippen LogP contribution in [0.2, 0.25) is 0 Å². The molecule has 40 heavy (non-hydrogen) atoms. The fourth-order valence-electron chi connectivity index (χ4n) is 3.21. The van der Waals surface area contributed by atoms with Crippen molar-refractivity contribution in [2.24, 2.45) is 5.92 Å². The van der Waals surface area contributed by atoms with Gasteiger partial charge in [0.05, 0.1) is 51.6 Å². The van der Waals surface area contributed by atoms with Crippen LogP contribution in [0, 0.1) is 5.92 Å². The molecule has 0 saturated carbocycles. The molecule has 0 fully saturated rings. The SMILES string of the molecule is CN[C@@H](CCCCNC(=O)COCCOCCNC(=O)COCCOCCNC(=O)CC[C@H](C)C(=O)O)C(C)=O. The number of nitrogens with one attached hydrogen (secondary N) is 4. The van der Waals surface area contributed by atoms with Gasteiger partial charge in [0.2, 0.25) is 17.7 Å². The van der Waals surface area contributed by atoms with Crippen molar-refractivity contribution >= 4 is 29.5 Å². The van der Waals surface area contributed by atoms with E-state index >= 15 is 0 Å². The summed E-state index contributed by atoms with van der Waals surface area (Å²) in [4.78, 5) is 57.1. The van der Waals surface area contributed by atoms with E-state index in [1.807, 2.05) is 0 Å². The third-order valence-electron chi connectivity index (χ3n) is 5.65.